The first kappa shape index (κ1) is 15.7. The number of amides is 1. The van der Waals surface area contributed by atoms with Gasteiger partial charge in [0.25, 0.3) is 5.69 Å². The number of anilines is 1. The summed E-state index contributed by atoms with van der Waals surface area (Å²) in [6.45, 7) is 0. The number of nitro groups is 1. The quantitative estimate of drug-likeness (QED) is 0.525. The number of hydrogen-bond donors (Lipinski definition) is 1. The molecule has 0 heterocycles. The van der Waals surface area contributed by atoms with Gasteiger partial charge in [0.1, 0.15) is 5.82 Å². The van der Waals surface area contributed by atoms with Gasteiger partial charge in [0.2, 0.25) is 5.91 Å². The zero-order valence-corrected chi connectivity index (χ0v) is 11.9. The Hall–Kier alpha value is -2.73. The van der Waals surface area contributed by atoms with E-state index in [1.165, 1.54) is 54.6 Å². The van der Waals surface area contributed by atoms with Gasteiger partial charge in [0.15, 0.2) is 0 Å². The number of nitrogens with zero attached hydrogens (tertiary/aromatic N) is 1. The SMILES string of the molecule is O=C(/C=C/c1ccc(F)c(Cl)c1)Nc1cccc([N+](=O)[O-])c1. The van der Waals surface area contributed by atoms with Crippen molar-refractivity contribution in [2.45, 2.75) is 0 Å². The maximum atomic E-state index is 13.0. The van der Waals surface area contributed by atoms with Crippen LogP contribution in [0.1, 0.15) is 5.56 Å². The molecule has 7 heteroatoms. The molecule has 22 heavy (non-hydrogen) atoms. The Morgan fingerprint density at radius 1 is 1.27 bits per heavy atom. The van der Waals surface area contributed by atoms with Crippen molar-refractivity contribution in [3.8, 4) is 0 Å². The van der Waals surface area contributed by atoms with Crippen molar-refractivity contribution in [2.24, 2.45) is 0 Å². The molecule has 0 atom stereocenters. The van der Waals surface area contributed by atoms with Crippen LogP contribution in [0.15, 0.2) is 48.5 Å². The van der Waals surface area contributed by atoms with Crippen molar-refractivity contribution < 1.29 is 14.1 Å². The number of halogens is 2. The van der Waals surface area contributed by atoms with Gasteiger partial charge in [-0.05, 0) is 29.8 Å². The van der Waals surface area contributed by atoms with Crippen molar-refractivity contribution in [3.05, 3.63) is 75.1 Å². The largest absolute Gasteiger partial charge is 0.322 e. The monoisotopic (exact) mass is 320 g/mol. The molecule has 5 nitrogen and oxygen atoms in total. The molecule has 2 aromatic carbocycles. The number of benzene rings is 2. The summed E-state index contributed by atoms with van der Waals surface area (Å²) < 4.78 is 13.0. The first-order valence-corrected chi connectivity index (χ1v) is 6.52. The molecule has 0 aliphatic rings. The lowest BCUT2D eigenvalue weighted by atomic mass is 10.2. The molecule has 0 bridgehead atoms. The van der Waals surface area contributed by atoms with Crippen LogP contribution in [-0.4, -0.2) is 10.8 Å². The molecule has 0 saturated heterocycles. The molecule has 0 fully saturated rings. The molecule has 0 spiro atoms. The van der Waals surface area contributed by atoms with E-state index in [0.717, 1.165) is 0 Å². The Morgan fingerprint density at radius 2 is 2.05 bits per heavy atom. The summed E-state index contributed by atoms with van der Waals surface area (Å²) in [6.07, 6.45) is 2.68. The molecular formula is C15H10ClFN2O3. The van der Waals surface area contributed by atoms with Gasteiger partial charge in [-0.25, -0.2) is 4.39 Å². The molecule has 0 aromatic heterocycles. The number of nitro benzene ring substituents is 1. The number of hydrogen-bond acceptors (Lipinski definition) is 3. The molecule has 2 rings (SSSR count). The number of rotatable bonds is 4. The van der Waals surface area contributed by atoms with Crippen LogP contribution in [0.4, 0.5) is 15.8 Å². The van der Waals surface area contributed by atoms with Crippen LogP contribution in [0.3, 0.4) is 0 Å². The fraction of sp³-hybridized carbons (Fsp3) is 0. The summed E-state index contributed by atoms with van der Waals surface area (Å²) >= 11 is 5.63. The smallest absolute Gasteiger partial charge is 0.271 e. The van der Waals surface area contributed by atoms with Crippen LogP contribution in [0.2, 0.25) is 5.02 Å². The van der Waals surface area contributed by atoms with Gasteiger partial charge in [0.05, 0.1) is 9.95 Å². The highest BCUT2D eigenvalue weighted by atomic mass is 35.5. The molecule has 0 unspecified atom stereocenters. The zero-order valence-electron chi connectivity index (χ0n) is 11.1. The van der Waals surface area contributed by atoms with E-state index in [9.17, 15) is 19.3 Å². The Labute approximate surface area is 130 Å². The lowest BCUT2D eigenvalue weighted by Crippen LogP contribution is -2.07. The molecule has 0 radical (unpaired) electrons. The number of carbonyl (C=O) groups is 1. The van der Waals surface area contributed by atoms with Gasteiger partial charge in [0, 0.05) is 23.9 Å². The number of nitrogens with one attached hydrogen (secondary N) is 1. The van der Waals surface area contributed by atoms with E-state index in [0.29, 0.717) is 11.3 Å². The number of carbonyl (C=O) groups excluding carboxylic acids is 1. The molecule has 112 valence electrons. The van der Waals surface area contributed by atoms with Crippen LogP contribution in [0.25, 0.3) is 6.08 Å². The fourth-order valence-corrected chi connectivity index (χ4v) is 1.86. The highest BCUT2D eigenvalue weighted by Gasteiger charge is 2.06. The molecular weight excluding hydrogens is 311 g/mol. The maximum absolute atomic E-state index is 13.0. The minimum Gasteiger partial charge on any atom is -0.322 e. The van der Waals surface area contributed by atoms with Crippen molar-refractivity contribution in [1.29, 1.82) is 0 Å². The van der Waals surface area contributed by atoms with E-state index >= 15 is 0 Å². The summed E-state index contributed by atoms with van der Waals surface area (Å²) in [5.74, 6) is -1.01. The first-order valence-electron chi connectivity index (χ1n) is 6.14. The average molecular weight is 321 g/mol. The van der Waals surface area contributed by atoms with E-state index in [4.69, 9.17) is 11.6 Å². The Balaban J connectivity index is 2.06. The van der Waals surface area contributed by atoms with Crippen LogP contribution in [-0.2, 0) is 4.79 Å². The predicted octanol–water partition coefficient (Wildman–Crippen LogP) is 4.04. The Morgan fingerprint density at radius 3 is 2.73 bits per heavy atom. The maximum Gasteiger partial charge on any atom is 0.271 e. The molecule has 2 aromatic rings. The summed E-state index contributed by atoms with van der Waals surface area (Å²) in [4.78, 5) is 21.8. The Bertz CT molecular complexity index is 762. The lowest BCUT2D eigenvalue weighted by Gasteiger charge is -2.01. The second-order valence-corrected chi connectivity index (χ2v) is 4.71. The van der Waals surface area contributed by atoms with Crippen molar-refractivity contribution in [3.63, 3.8) is 0 Å². The highest BCUT2D eigenvalue weighted by Crippen LogP contribution is 2.18. The zero-order chi connectivity index (χ0) is 16.1. The van der Waals surface area contributed by atoms with Gasteiger partial charge in [-0.1, -0.05) is 23.7 Å². The molecule has 1 N–H and O–H groups in total. The molecule has 0 aliphatic heterocycles. The third-order valence-corrected chi connectivity index (χ3v) is 2.98. The standard InChI is InChI=1S/C15H10ClFN2O3/c16-13-8-10(4-6-14(13)17)5-7-15(20)18-11-2-1-3-12(9-11)19(21)22/h1-9H,(H,18,20)/b7-5+. The van der Waals surface area contributed by atoms with Crippen molar-refractivity contribution in [1.82, 2.24) is 0 Å². The summed E-state index contributed by atoms with van der Waals surface area (Å²) in [5.41, 5.74) is 0.744. The van der Waals surface area contributed by atoms with E-state index < -0.39 is 16.6 Å². The van der Waals surface area contributed by atoms with Crippen LogP contribution in [0.5, 0.6) is 0 Å². The molecule has 0 aliphatic carbocycles. The minimum absolute atomic E-state index is 0.0405. The minimum atomic E-state index is -0.550. The van der Waals surface area contributed by atoms with Crippen LogP contribution < -0.4 is 5.32 Å². The van der Waals surface area contributed by atoms with Crippen molar-refractivity contribution >= 4 is 35.0 Å². The molecule has 0 saturated carbocycles. The van der Waals surface area contributed by atoms with E-state index in [1.807, 2.05) is 0 Å². The lowest BCUT2D eigenvalue weighted by molar-refractivity contribution is -0.384. The summed E-state index contributed by atoms with van der Waals surface area (Å²) in [5, 5.41) is 13.1. The fourth-order valence-electron chi connectivity index (χ4n) is 1.67. The van der Waals surface area contributed by atoms with Crippen molar-refractivity contribution in [2.75, 3.05) is 5.32 Å². The van der Waals surface area contributed by atoms with Gasteiger partial charge in [-0.15, -0.1) is 0 Å². The van der Waals surface area contributed by atoms with Gasteiger partial charge in [-0.2, -0.15) is 0 Å². The van der Waals surface area contributed by atoms with E-state index in [1.54, 1.807) is 0 Å². The number of non-ortho nitro benzene ring substituents is 1. The molecule has 1 amide bonds. The average Bonchev–Trinajstić information content (AvgIpc) is 2.49. The van der Waals surface area contributed by atoms with Gasteiger partial charge >= 0.3 is 0 Å². The van der Waals surface area contributed by atoms with Crippen LogP contribution in [0, 0.1) is 15.9 Å². The normalized spacial score (nSPS) is 10.6. The topological polar surface area (TPSA) is 72.2 Å². The van der Waals surface area contributed by atoms with Crippen LogP contribution >= 0.6 is 11.6 Å². The first-order chi connectivity index (χ1) is 10.5. The summed E-state index contributed by atoms with van der Waals surface area (Å²) in [6, 6.07) is 9.63. The van der Waals surface area contributed by atoms with E-state index in [-0.39, 0.29) is 10.7 Å². The van der Waals surface area contributed by atoms with Gasteiger partial charge < -0.3 is 5.32 Å². The summed E-state index contributed by atoms with van der Waals surface area (Å²) in [7, 11) is 0. The Kier molecular flexibility index (Phi) is 4.85. The second kappa shape index (κ2) is 6.82. The third-order valence-electron chi connectivity index (χ3n) is 2.70. The predicted molar refractivity (Wildman–Crippen MR) is 82.2 cm³/mol. The highest BCUT2D eigenvalue weighted by molar-refractivity contribution is 6.30. The second-order valence-electron chi connectivity index (χ2n) is 4.30. The van der Waals surface area contributed by atoms with Gasteiger partial charge in [-0.3, -0.25) is 14.9 Å². The van der Waals surface area contributed by atoms with E-state index in [2.05, 4.69) is 5.32 Å². The third kappa shape index (κ3) is 4.13.